The first kappa shape index (κ1) is 20.2. The van der Waals surface area contributed by atoms with Gasteiger partial charge in [0.05, 0.1) is 22.9 Å². The van der Waals surface area contributed by atoms with Crippen molar-refractivity contribution in [1.82, 2.24) is 9.88 Å². The summed E-state index contributed by atoms with van der Waals surface area (Å²) in [5, 5.41) is 6.23. The number of anilines is 2. The maximum Gasteiger partial charge on any atom is 0.240 e. The van der Waals surface area contributed by atoms with Crippen LogP contribution in [0.15, 0.2) is 18.2 Å². The lowest BCUT2D eigenvalue weighted by atomic mass is 9.87. The van der Waals surface area contributed by atoms with Crippen LogP contribution in [-0.4, -0.2) is 66.8 Å². The lowest BCUT2D eigenvalue weighted by Gasteiger charge is -2.44. The second-order valence-corrected chi connectivity index (χ2v) is 8.70. The SMILES string of the molecule is CO[C@H]1CCN(CC(=O)Nc2nc3ccc(NC(C)=O)cc3s2)C[C@]12CCCO2. The van der Waals surface area contributed by atoms with E-state index in [-0.39, 0.29) is 23.5 Å². The average molecular weight is 419 g/mol. The summed E-state index contributed by atoms with van der Waals surface area (Å²) in [5.74, 6) is -0.209. The molecular weight excluding hydrogens is 392 g/mol. The van der Waals surface area contributed by atoms with Crippen LogP contribution >= 0.6 is 11.3 Å². The first-order valence-corrected chi connectivity index (χ1v) is 10.7. The van der Waals surface area contributed by atoms with Gasteiger partial charge in [0.2, 0.25) is 11.8 Å². The van der Waals surface area contributed by atoms with E-state index < -0.39 is 0 Å². The predicted molar refractivity (Wildman–Crippen MR) is 112 cm³/mol. The Bertz CT molecular complexity index is 909. The summed E-state index contributed by atoms with van der Waals surface area (Å²) in [6.07, 6.45) is 2.95. The molecule has 2 aliphatic rings. The highest BCUT2D eigenvalue weighted by Gasteiger charge is 2.47. The molecule has 0 aliphatic carbocycles. The van der Waals surface area contributed by atoms with Crippen molar-refractivity contribution in [2.75, 3.05) is 44.0 Å². The number of hydrogen-bond donors (Lipinski definition) is 2. The molecule has 0 unspecified atom stereocenters. The first-order valence-electron chi connectivity index (χ1n) is 9.84. The zero-order valence-corrected chi connectivity index (χ0v) is 17.5. The summed E-state index contributed by atoms with van der Waals surface area (Å²) in [5.41, 5.74) is 1.22. The molecule has 0 radical (unpaired) electrons. The van der Waals surface area contributed by atoms with E-state index in [9.17, 15) is 9.59 Å². The van der Waals surface area contributed by atoms with Crippen LogP contribution in [0.3, 0.4) is 0 Å². The Labute approximate surface area is 173 Å². The molecule has 2 atom stereocenters. The van der Waals surface area contributed by atoms with Gasteiger partial charge < -0.3 is 20.1 Å². The number of likely N-dealkylation sites (tertiary alicyclic amines) is 1. The van der Waals surface area contributed by atoms with Gasteiger partial charge in [-0.3, -0.25) is 14.5 Å². The fourth-order valence-electron chi connectivity index (χ4n) is 4.31. The Morgan fingerprint density at radius 2 is 2.28 bits per heavy atom. The highest BCUT2D eigenvalue weighted by Crippen LogP contribution is 2.36. The van der Waals surface area contributed by atoms with E-state index in [1.54, 1.807) is 13.2 Å². The number of ether oxygens (including phenoxy) is 2. The molecule has 1 aromatic carbocycles. The molecule has 2 amide bonds. The van der Waals surface area contributed by atoms with Crippen LogP contribution in [0.2, 0.25) is 0 Å². The van der Waals surface area contributed by atoms with Gasteiger partial charge in [0.15, 0.2) is 5.13 Å². The summed E-state index contributed by atoms with van der Waals surface area (Å²) < 4.78 is 12.6. The first-order chi connectivity index (χ1) is 14.0. The Morgan fingerprint density at radius 3 is 3.00 bits per heavy atom. The van der Waals surface area contributed by atoms with Gasteiger partial charge in [-0.1, -0.05) is 11.3 Å². The van der Waals surface area contributed by atoms with Crippen LogP contribution in [0, 0.1) is 0 Å². The van der Waals surface area contributed by atoms with E-state index >= 15 is 0 Å². The monoisotopic (exact) mass is 418 g/mol. The minimum atomic E-state index is -0.288. The molecule has 2 N–H and O–H groups in total. The van der Waals surface area contributed by atoms with Crippen LogP contribution in [0.5, 0.6) is 0 Å². The number of aromatic nitrogens is 1. The van der Waals surface area contributed by atoms with Gasteiger partial charge in [0.25, 0.3) is 0 Å². The van der Waals surface area contributed by atoms with Crippen LogP contribution in [0.25, 0.3) is 10.2 Å². The summed E-state index contributed by atoms with van der Waals surface area (Å²) >= 11 is 1.39. The Balaban J connectivity index is 1.39. The summed E-state index contributed by atoms with van der Waals surface area (Å²) in [4.78, 5) is 30.4. The molecule has 2 fully saturated rings. The number of hydrogen-bond acceptors (Lipinski definition) is 7. The zero-order valence-electron chi connectivity index (χ0n) is 16.7. The van der Waals surface area contributed by atoms with Gasteiger partial charge in [0.1, 0.15) is 5.60 Å². The van der Waals surface area contributed by atoms with Crippen molar-refractivity contribution in [3.8, 4) is 0 Å². The molecule has 2 aromatic rings. The third kappa shape index (κ3) is 4.42. The maximum atomic E-state index is 12.6. The van der Waals surface area contributed by atoms with E-state index in [0.717, 1.165) is 48.3 Å². The number of amides is 2. The molecule has 29 heavy (non-hydrogen) atoms. The topological polar surface area (TPSA) is 92.8 Å². The lowest BCUT2D eigenvalue weighted by molar-refractivity contribution is -0.146. The van der Waals surface area contributed by atoms with Gasteiger partial charge in [-0.05, 0) is 37.5 Å². The maximum absolute atomic E-state index is 12.6. The van der Waals surface area contributed by atoms with Crippen LogP contribution in [0.1, 0.15) is 26.2 Å². The molecule has 4 rings (SSSR count). The Hall–Kier alpha value is -2.07. The number of methoxy groups -OCH3 is 1. The zero-order chi connectivity index (χ0) is 20.4. The van der Waals surface area contributed by atoms with Crippen molar-refractivity contribution in [2.45, 2.75) is 37.9 Å². The summed E-state index contributed by atoms with van der Waals surface area (Å²) in [6.45, 7) is 4.04. The second-order valence-electron chi connectivity index (χ2n) is 7.67. The van der Waals surface area contributed by atoms with Crippen molar-refractivity contribution in [3.63, 3.8) is 0 Å². The standard InChI is InChI=1S/C20H26N4O4S/c1-13(25)21-14-4-5-15-16(10-14)29-19(22-15)23-18(26)11-24-8-6-17(27-2)20(12-24)7-3-9-28-20/h4-5,10,17H,3,6-9,11-12H2,1-2H3,(H,21,25)(H,22,23,26)/t17-,20+/m0/s1. The second kappa shape index (κ2) is 8.35. The molecule has 9 heteroatoms. The van der Waals surface area contributed by atoms with E-state index in [1.165, 1.54) is 18.3 Å². The fourth-order valence-corrected chi connectivity index (χ4v) is 5.23. The molecular formula is C20H26N4O4S. The van der Waals surface area contributed by atoms with Gasteiger partial charge in [-0.25, -0.2) is 4.98 Å². The third-order valence-electron chi connectivity index (χ3n) is 5.53. The molecule has 3 heterocycles. The molecule has 0 saturated carbocycles. The van der Waals surface area contributed by atoms with Crippen molar-refractivity contribution in [1.29, 1.82) is 0 Å². The van der Waals surface area contributed by atoms with Crippen LogP contribution in [0.4, 0.5) is 10.8 Å². The molecule has 1 spiro atoms. The third-order valence-corrected chi connectivity index (χ3v) is 6.46. The Kier molecular flexibility index (Phi) is 5.82. The summed E-state index contributed by atoms with van der Waals surface area (Å²) in [6, 6.07) is 5.50. The number of carbonyl (C=O) groups excluding carboxylic acids is 2. The number of carbonyl (C=O) groups is 2. The molecule has 0 bridgehead atoms. The lowest BCUT2D eigenvalue weighted by Crippen LogP contribution is -2.58. The number of piperidine rings is 1. The summed E-state index contributed by atoms with van der Waals surface area (Å²) in [7, 11) is 1.74. The van der Waals surface area contributed by atoms with Crippen molar-refractivity contribution < 1.29 is 19.1 Å². The van der Waals surface area contributed by atoms with Crippen LogP contribution in [-0.2, 0) is 19.1 Å². The predicted octanol–water partition coefficient (Wildman–Crippen LogP) is 2.46. The van der Waals surface area contributed by atoms with E-state index in [2.05, 4.69) is 20.5 Å². The van der Waals surface area contributed by atoms with Gasteiger partial charge >= 0.3 is 0 Å². The number of fused-ring (bicyclic) bond motifs is 1. The normalized spacial score (nSPS) is 24.8. The number of nitrogens with one attached hydrogen (secondary N) is 2. The molecule has 2 saturated heterocycles. The average Bonchev–Trinajstić information content (AvgIpc) is 3.28. The minimum absolute atomic E-state index is 0.0878. The van der Waals surface area contributed by atoms with E-state index in [1.807, 2.05) is 12.1 Å². The van der Waals surface area contributed by atoms with Gasteiger partial charge in [-0.15, -0.1) is 0 Å². The van der Waals surface area contributed by atoms with Crippen molar-refractivity contribution in [2.24, 2.45) is 0 Å². The number of rotatable bonds is 5. The van der Waals surface area contributed by atoms with Crippen LogP contribution < -0.4 is 10.6 Å². The largest absolute Gasteiger partial charge is 0.378 e. The highest BCUT2D eigenvalue weighted by molar-refractivity contribution is 7.22. The number of nitrogens with zero attached hydrogens (tertiary/aromatic N) is 2. The molecule has 156 valence electrons. The molecule has 1 aromatic heterocycles. The van der Waals surface area contributed by atoms with Gasteiger partial charge in [-0.2, -0.15) is 0 Å². The highest BCUT2D eigenvalue weighted by atomic mass is 32.1. The number of thiazole rings is 1. The number of benzene rings is 1. The molecule has 2 aliphatic heterocycles. The van der Waals surface area contributed by atoms with E-state index in [0.29, 0.717) is 18.2 Å². The quantitative estimate of drug-likeness (QED) is 0.775. The van der Waals surface area contributed by atoms with Crippen molar-refractivity contribution >= 4 is 44.2 Å². The van der Waals surface area contributed by atoms with E-state index in [4.69, 9.17) is 9.47 Å². The van der Waals surface area contributed by atoms with Gasteiger partial charge in [0, 0.05) is 39.4 Å². The fraction of sp³-hybridized carbons (Fsp3) is 0.550. The minimum Gasteiger partial charge on any atom is -0.378 e. The van der Waals surface area contributed by atoms with Crippen molar-refractivity contribution in [3.05, 3.63) is 18.2 Å². The Morgan fingerprint density at radius 1 is 1.41 bits per heavy atom. The smallest absolute Gasteiger partial charge is 0.240 e. The molecule has 8 nitrogen and oxygen atoms in total.